The molecule has 2 N–H and O–H groups in total. The Hall–Kier alpha value is -2.63. The normalized spacial score (nSPS) is 17.2. The second-order valence-electron chi connectivity index (χ2n) is 5.30. The van der Waals surface area contributed by atoms with Gasteiger partial charge in [0, 0.05) is 43.2 Å². The van der Waals surface area contributed by atoms with Crippen molar-refractivity contribution >= 4 is 16.9 Å². The lowest BCUT2D eigenvalue weighted by atomic mass is 9.98. The average Bonchev–Trinajstić information content (AvgIpc) is 3.15. The number of carbonyl (C=O) groups is 1. The Labute approximate surface area is 127 Å². The van der Waals surface area contributed by atoms with Crippen molar-refractivity contribution in [2.24, 2.45) is 0 Å². The maximum Gasteiger partial charge on any atom is 0.269 e. The summed E-state index contributed by atoms with van der Waals surface area (Å²) in [5.74, 6) is -0.678. The minimum Gasteiger partial charge on any atom is -0.380 e. The molecule has 6 heteroatoms. The van der Waals surface area contributed by atoms with Gasteiger partial charge >= 0.3 is 0 Å². The zero-order chi connectivity index (χ0) is 15.7. The van der Waals surface area contributed by atoms with Crippen molar-refractivity contribution in [1.29, 1.82) is 0 Å². The van der Waals surface area contributed by atoms with Crippen LogP contribution in [0.3, 0.4) is 0 Å². The number of fused-ring (bicyclic) bond motifs is 1. The van der Waals surface area contributed by atoms with Crippen molar-refractivity contribution < 1.29 is 9.18 Å². The molecule has 2 aromatic rings. The van der Waals surface area contributed by atoms with Gasteiger partial charge in [-0.15, -0.1) is 6.58 Å². The van der Waals surface area contributed by atoms with Crippen LogP contribution in [0.1, 0.15) is 11.5 Å². The Kier molecular flexibility index (Phi) is 3.66. The van der Waals surface area contributed by atoms with Gasteiger partial charge in [-0.25, -0.2) is 9.37 Å². The van der Waals surface area contributed by atoms with Gasteiger partial charge in [-0.3, -0.25) is 4.79 Å². The number of hydrogen-bond donors (Lipinski definition) is 2. The number of nitrogens with zero attached hydrogens (tertiary/aromatic N) is 2. The molecule has 0 radical (unpaired) electrons. The molecule has 0 fully saturated rings. The van der Waals surface area contributed by atoms with Crippen LogP contribution in [-0.4, -0.2) is 40.9 Å². The molecule has 0 aliphatic carbocycles. The van der Waals surface area contributed by atoms with Crippen LogP contribution in [-0.2, 0) is 4.79 Å². The van der Waals surface area contributed by atoms with Crippen molar-refractivity contribution in [3.8, 4) is 0 Å². The van der Waals surface area contributed by atoms with Gasteiger partial charge in [0.05, 0.1) is 11.9 Å². The molecule has 0 spiro atoms. The summed E-state index contributed by atoms with van der Waals surface area (Å²) in [4.78, 5) is 20.8. The van der Waals surface area contributed by atoms with Crippen LogP contribution < -0.4 is 5.32 Å². The van der Waals surface area contributed by atoms with Gasteiger partial charge in [0.25, 0.3) is 5.91 Å². The number of nitrogens with one attached hydrogen (secondary N) is 2. The summed E-state index contributed by atoms with van der Waals surface area (Å²) in [6.45, 7) is 4.58. The average molecular weight is 300 g/mol. The Morgan fingerprint density at radius 1 is 1.64 bits per heavy atom. The van der Waals surface area contributed by atoms with Gasteiger partial charge in [-0.05, 0) is 12.1 Å². The fourth-order valence-corrected chi connectivity index (χ4v) is 2.73. The van der Waals surface area contributed by atoms with Gasteiger partial charge in [0.1, 0.15) is 11.5 Å². The molecule has 1 aliphatic rings. The van der Waals surface area contributed by atoms with E-state index in [0.29, 0.717) is 30.0 Å². The molecule has 3 heterocycles. The van der Waals surface area contributed by atoms with E-state index in [1.54, 1.807) is 36.4 Å². The topological polar surface area (TPSA) is 61.0 Å². The van der Waals surface area contributed by atoms with Crippen LogP contribution in [0.25, 0.3) is 11.0 Å². The summed E-state index contributed by atoms with van der Waals surface area (Å²) in [6, 6.07) is 1.80. The Balaban J connectivity index is 1.93. The second-order valence-corrected chi connectivity index (χ2v) is 5.30. The van der Waals surface area contributed by atoms with E-state index in [0.717, 1.165) is 5.39 Å². The first-order chi connectivity index (χ1) is 10.6. The fraction of sp³-hybridized carbons (Fsp3) is 0.250. The monoisotopic (exact) mass is 300 g/mol. The van der Waals surface area contributed by atoms with E-state index in [-0.39, 0.29) is 17.6 Å². The van der Waals surface area contributed by atoms with Crippen molar-refractivity contribution in [3.63, 3.8) is 0 Å². The lowest BCUT2D eigenvalue weighted by molar-refractivity contribution is -0.125. The van der Waals surface area contributed by atoms with Gasteiger partial charge in [-0.2, -0.15) is 0 Å². The summed E-state index contributed by atoms with van der Waals surface area (Å²) in [7, 11) is 1.71. The Morgan fingerprint density at radius 3 is 3.23 bits per heavy atom. The standard InChI is InChI=1S/C16H17FN4O/c1-3-6-21(2)16(22)13-7-10(8-19-13)14-11-4-5-18-15(11)20-9-12(14)17/h3-5,7,9-10,19H,1,6,8H2,2H3,(H,18,20). The molecule has 0 saturated heterocycles. The number of rotatable bonds is 4. The molecule has 0 saturated carbocycles. The predicted molar refractivity (Wildman–Crippen MR) is 82.7 cm³/mol. The number of amides is 1. The zero-order valence-electron chi connectivity index (χ0n) is 12.3. The number of carbonyl (C=O) groups excluding carboxylic acids is 1. The minimum atomic E-state index is -0.358. The third-order valence-electron chi connectivity index (χ3n) is 3.81. The number of likely N-dealkylation sites (N-methyl/N-ethyl adjacent to an activating group) is 1. The number of aromatic nitrogens is 2. The Morgan fingerprint density at radius 2 is 2.45 bits per heavy atom. The molecule has 5 nitrogen and oxygen atoms in total. The highest BCUT2D eigenvalue weighted by Crippen LogP contribution is 2.30. The summed E-state index contributed by atoms with van der Waals surface area (Å²) in [5.41, 5.74) is 1.70. The summed E-state index contributed by atoms with van der Waals surface area (Å²) in [5, 5.41) is 3.81. The third kappa shape index (κ3) is 2.36. The highest BCUT2D eigenvalue weighted by Gasteiger charge is 2.26. The molecular formula is C16H17FN4O. The first-order valence-corrected chi connectivity index (χ1v) is 7.05. The first-order valence-electron chi connectivity index (χ1n) is 7.05. The van der Waals surface area contributed by atoms with Crippen molar-refractivity contribution in [1.82, 2.24) is 20.2 Å². The van der Waals surface area contributed by atoms with E-state index in [1.807, 2.05) is 0 Å². The van der Waals surface area contributed by atoms with Crippen LogP contribution in [0.15, 0.2) is 42.9 Å². The van der Waals surface area contributed by atoms with Crippen molar-refractivity contribution in [2.75, 3.05) is 20.1 Å². The SMILES string of the molecule is C=CCN(C)C(=O)C1=CC(c2c(F)cnc3[nH]ccc23)CN1. The van der Waals surface area contributed by atoms with Crippen LogP contribution in [0, 0.1) is 5.82 Å². The molecule has 0 aromatic carbocycles. The van der Waals surface area contributed by atoms with E-state index >= 15 is 0 Å². The van der Waals surface area contributed by atoms with Crippen molar-refractivity contribution in [3.05, 3.63) is 54.3 Å². The zero-order valence-corrected chi connectivity index (χ0v) is 12.3. The lowest BCUT2D eigenvalue weighted by Crippen LogP contribution is -2.32. The van der Waals surface area contributed by atoms with Gasteiger partial charge in [-0.1, -0.05) is 6.08 Å². The van der Waals surface area contributed by atoms with E-state index in [9.17, 15) is 9.18 Å². The van der Waals surface area contributed by atoms with Gasteiger partial charge in [0.15, 0.2) is 0 Å². The van der Waals surface area contributed by atoms with Crippen LogP contribution in [0.4, 0.5) is 4.39 Å². The summed E-state index contributed by atoms with van der Waals surface area (Å²) in [6.07, 6.45) is 6.39. The lowest BCUT2D eigenvalue weighted by Gasteiger charge is -2.15. The molecule has 114 valence electrons. The quantitative estimate of drug-likeness (QED) is 0.848. The molecule has 3 rings (SSSR count). The van der Waals surface area contributed by atoms with Gasteiger partial charge < -0.3 is 15.2 Å². The highest BCUT2D eigenvalue weighted by atomic mass is 19.1. The molecule has 22 heavy (non-hydrogen) atoms. The van der Waals surface area contributed by atoms with E-state index in [1.165, 1.54) is 6.20 Å². The van der Waals surface area contributed by atoms with Crippen LogP contribution in [0.2, 0.25) is 0 Å². The predicted octanol–water partition coefficient (Wildman–Crippen LogP) is 1.92. The fourth-order valence-electron chi connectivity index (χ4n) is 2.73. The van der Waals surface area contributed by atoms with Gasteiger partial charge in [0.2, 0.25) is 0 Å². The number of halogens is 1. The molecule has 1 aliphatic heterocycles. The maximum atomic E-state index is 14.2. The molecular weight excluding hydrogens is 283 g/mol. The second kappa shape index (κ2) is 5.63. The number of hydrogen-bond acceptors (Lipinski definition) is 3. The third-order valence-corrected chi connectivity index (χ3v) is 3.81. The van der Waals surface area contributed by atoms with E-state index in [4.69, 9.17) is 0 Å². The van der Waals surface area contributed by atoms with Crippen molar-refractivity contribution in [2.45, 2.75) is 5.92 Å². The molecule has 1 atom stereocenters. The van der Waals surface area contributed by atoms with Crippen LogP contribution in [0.5, 0.6) is 0 Å². The number of aromatic amines is 1. The smallest absolute Gasteiger partial charge is 0.269 e. The molecule has 2 aromatic heterocycles. The summed E-state index contributed by atoms with van der Waals surface area (Å²) >= 11 is 0. The minimum absolute atomic E-state index is 0.123. The molecule has 1 amide bonds. The first kappa shape index (κ1) is 14.3. The maximum absolute atomic E-state index is 14.2. The number of H-pyrrole nitrogens is 1. The largest absolute Gasteiger partial charge is 0.380 e. The van der Waals surface area contributed by atoms with Crippen LogP contribution >= 0.6 is 0 Å². The molecule has 1 unspecified atom stereocenters. The Bertz CT molecular complexity index is 765. The number of pyridine rings is 1. The summed E-state index contributed by atoms with van der Waals surface area (Å²) < 4.78 is 14.2. The highest BCUT2D eigenvalue weighted by molar-refractivity contribution is 5.93. The van der Waals surface area contributed by atoms with E-state index < -0.39 is 0 Å². The van der Waals surface area contributed by atoms with E-state index in [2.05, 4.69) is 21.9 Å². The molecule has 0 bridgehead atoms.